The Morgan fingerprint density at radius 3 is 1.55 bits per heavy atom. The Balaban J connectivity index is 3.02. The van der Waals surface area contributed by atoms with Crippen LogP contribution in [0.2, 0.25) is 0 Å². The lowest BCUT2D eigenvalue weighted by Gasteiger charge is -2.40. The van der Waals surface area contributed by atoms with E-state index in [9.17, 15) is 19.2 Å². The lowest BCUT2D eigenvalue weighted by molar-refractivity contribution is -0.252. The number of carbonyl (C=O) groups is 4. The third kappa shape index (κ3) is 3.65. The predicted molar refractivity (Wildman–Crippen MR) is 68.5 cm³/mol. The van der Waals surface area contributed by atoms with Crippen molar-refractivity contribution in [1.82, 2.24) is 0 Å². The first-order valence-corrected chi connectivity index (χ1v) is 6.55. The zero-order chi connectivity index (χ0) is 15.6. The van der Waals surface area contributed by atoms with Crippen molar-refractivity contribution in [2.45, 2.75) is 59.2 Å². The van der Waals surface area contributed by atoms with Crippen LogP contribution in [0.25, 0.3) is 0 Å². The van der Waals surface area contributed by atoms with Gasteiger partial charge in [-0.3, -0.25) is 9.59 Å². The van der Waals surface area contributed by atoms with Crippen LogP contribution in [-0.2, 0) is 28.7 Å². The molecule has 1 aliphatic rings. The summed E-state index contributed by atoms with van der Waals surface area (Å²) in [6, 6.07) is 0. The number of hydrogen-bond acceptors (Lipinski definition) is 6. The number of hydrogen-bond donors (Lipinski definition) is 0. The minimum atomic E-state index is -1.55. The van der Waals surface area contributed by atoms with Crippen molar-refractivity contribution < 1.29 is 28.7 Å². The van der Waals surface area contributed by atoms with Gasteiger partial charge in [0.2, 0.25) is 0 Å². The molecule has 112 valence electrons. The van der Waals surface area contributed by atoms with E-state index in [1.165, 1.54) is 27.7 Å². The van der Waals surface area contributed by atoms with Crippen molar-refractivity contribution in [2.24, 2.45) is 5.41 Å². The van der Waals surface area contributed by atoms with Gasteiger partial charge in [0, 0.05) is 26.7 Å². The zero-order valence-electron chi connectivity index (χ0n) is 12.3. The Bertz CT molecular complexity index is 409. The molecule has 0 aromatic rings. The largest absolute Gasteiger partial charge is 0.422 e. The van der Waals surface area contributed by atoms with Crippen LogP contribution in [0.5, 0.6) is 0 Å². The zero-order valence-corrected chi connectivity index (χ0v) is 12.3. The van der Waals surface area contributed by atoms with Crippen LogP contribution in [0.15, 0.2) is 0 Å². The number of ketones is 2. The van der Waals surface area contributed by atoms with Gasteiger partial charge >= 0.3 is 11.9 Å². The van der Waals surface area contributed by atoms with E-state index in [2.05, 4.69) is 0 Å². The van der Waals surface area contributed by atoms with Crippen LogP contribution >= 0.6 is 0 Å². The van der Waals surface area contributed by atoms with E-state index in [1.54, 1.807) is 0 Å². The second-order valence-electron chi connectivity index (χ2n) is 5.67. The van der Waals surface area contributed by atoms with Gasteiger partial charge in [-0.15, -0.1) is 0 Å². The fourth-order valence-electron chi connectivity index (χ4n) is 2.06. The van der Waals surface area contributed by atoms with E-state index in [1.807, 2.05) is 0 Å². The third-order valence-electron chi connectivity index (χ3n) is 3.27. The molecule has 0 bridgehead atoms. The average molecular weight is 284 g/mol. The Morgan fingerprint density at radius 1 is 0.900 bits per heavy atom. The first-order valence-electron chi connectivity index (χ1n) is 6.55. The van der Waals surface area contributed by atoms with Crippen molar-refractivity contribution in [3.63, 3.8) is 0 Å². The SMILES string of the molecule is CC(=O)CCC1(CCC(C)=O)C(=O)OC(C)(C)OC1=O. The summed E-state index contributed by atoms with van der Waals surface area (Å²) in [4.78, 5) is 46.7. The van der Waals surface area contributed by atoms with E-state index in [0.29, 0.717) is 0 Å². The van der Waals surface area contributed by atoms with E-state index in [-0.39, 0.29) is 37.2 Å². The van der Waals surface area contributed by atoms with Gasteiger partial charge in [0.1, 0.15) is 11.6 Å². The molecule has 1 aliphatic heterocycles. The van der Waals surface area contributed by atoms with Crippen LogP contribution in [0, 0.1) is 5.41 Å². The van der Waals surface area contributed by atoms with Gasteiger partial charge in [-0.05, 0) is 26.7 Å². The summed E-state index contributed by atoms with van der Waals surface area (Å²) >= 11 is 0. The summed E-state index contributed by atoms with van der Waals surface area (Å²) in [5.74, 6) is -3.04. The molecular weight excluding hydrogens is 264 g/mol. The quantitative estimate of drug-likeness (QED) is 0.543. The lowest BCUT2D eigenvalue weighted by Crippen LogP contribution is -2.54. The smallest absolute Gasteiger partial charge is 0.326 e. The summed E-state index contributed by atoms with van der Waals surface area (Å²) in [5.41, 5.74) is -1.55. The van der Waals surface area contributed by atoms with E-state index < -0.39 is 23.1 Å². The molecule has 1 saturated heterocycles. The van der Waals surface area contributed by atoms with Gasteiger partial charge in [-0.25, -0.2) is 0 Å². The number of esters is 2. The van der Waals surface area contributed by atoms with Gasteiger partial charge in [0.15, 0.2) is 5.41 Å². The molecule has 0 amide bonds. The second kappa shape index (κ2) is 5.73. The molecule has 0 aromatic carbocycles. The van der Waals surface area contributed by atoms with Crippen LogP contribution in [-0.4, -0.2) is 29.3 Å². The van der Waals surface area contributed by atoms with Crippen LogP contribution in [0.3, 0.4) is 0 Å². The maximum Gasteiger partial charge on any atom is 0.326 e. The number of rotatable bonds is 6. The van der Waals surface area contributed by atoms with Crippen molar-refractivity contribution in [3.05, 3.63) is 0 Å². The molecule has 0 N–H and O–H groups in total. The molecule has 6 heteroatoms. The molecule has 6 nitrogen and oxygen atoms in total. The van der Waals surface area contributed by atoms with Crippen LogP contribution < -0.4 is 0 Å². The number of Topliss-reactive ketones (excluding diaryl/α,β-unsaturated/α-hetero) is 2. The molecule has 0 aliphatic carbocycles. The second-order valence-corrected chi connectivity index (χ2v) is 5.67. The fraction of sp³-hybridized carbons (Fsp3) is 0.714. The highest BCUT2D eigenvalue weighted by Gasteiger charge is 2.55. The van der Waals surface area contributed by atoms with Crippen molar-refractivity contribution >= 4 is 23.5 Å². The van der Waals surface area contributed by atoms with E-state index >= 15 is 0 Å². The van der Waals surface area contributed by atoms with Crippen LogP contribution in [0.4, 0.5) is 0 Å². The average Bonchev–Trinajstić information content (AvgIpc) is 2.25. The first-order chi connectivity index (χ1) is 9.09. The Morgan fingerprint density at radius 2 is 1.25 bits per heavy atom. The highest BCUT2D eigenvalue weighted by atomic mass is 16.7. The van der Waals surface area contributed by atoms with Gasteiger partial charge in [-0.2, -0.15) is 0 Å². The highest BCUT2D eigenvalue weighted by Crippen LogP contribution is 2.40. The first kappa shape index (κ1) is 16.3. The van der Waals surface area contributed by atoms with E-state index in [4.69, 9.17) is 9.47 Å². The summed E-state index contributed by atoms with van der Waals surface area (Å²) in [5, 5.41) is 0. The van der Waals surface area contributed by atoms with Crippen molar-refractivity contribution in [3.8, 4) is 0 Å². The number of carbonyl (C=O) groups excluding carboxylic acids is 4. The lowest BCUT2D eigenvalue weighted by atomic mass is 9.77. The Hall–Kier alpha value is -1.72. The summed E-state index contributed by atoms with van der Waals surface area (Å²) in [7, 11) is 0. The standard InChI is InChI=1S/C14H20O6/c1-9(15)5-7-14(8-6-10(2)16)11(17)19-13(3,4)20-12(14)18/h5-8H2,1-4H3. The highest BCUT2D eigenvalue weighted by molar-refractivity contribution is 6.02. The molecule has 0 saturated carbocycles. The van der Waals surface area contributed by atoms with Gasteiger partial charge in [-0.1, -0.05) is 0 Å². The van der Waals surface area contributed by atoms with Crippen molar-refractivity contribution in [1.29, 1.82) is 0 Å². The topological polar surface area (TPSA) is 86.7 Å². The molecule has 0 atom stereocenters. The Kier molecular flexibility index (Phi) is 4.68. The van der Waals surface area contributed by atoms with Gasteiger partial charge in [0.05, 0.1) is 0 Å². The minimum Gasteiger partial charge on any atom is -0.422 e. The molecule has 0 unspecified atom stereocenters. The van der Waals surface area contributed by atoms with Crippen LogP contribution in [0.1, 0.15) is 53.4 Å². The third-order valence-corrected chi connectivity index (χ3v) is 3.27. The molecule has 1 heterocycles. The normalized spacial score (nSPS) is 20.0. The maximum absolute atomic E-state index is 12.2. The summed E-state index contributed by atoms with van der Waals surface area (Å²) in [6.45, 7) is 5.68. The summed E-state index contributed by atoms with van der Waals surface area (Å²) in [6.07, 6.45) is 0.123. The van der Waals surface area contributed by atoms with E-state index in [0.717, 1.165) is 0 Å². The fourth-order valence-corrected chi connectivity index (χ4v) is 2.06. The maximum atomic E-state index is 12.2. The molecule has 0 spiro atoms. The molecule has 0 aromatic heterocycles. The van der Waals surface area contributed by atoms with Crippen molar-refractivity contribution in [2.75, 3.05) is 0 Å². The Labute approximate surface area is 117 Å². The monoisotopic (exact) mass is 284 g/mol. The van der Waals surface area contributed by atoms with Gasteiger partial charge < -0.3 is 19.1 Å². The number of ether oxygens (including phenoxy) is 2. The molecular formula is C14H20O6. The minimum absolute atomic E-state index is 0.00333. The van der Waals surface area contributed by atoms with Gasteiger partial charge in [0.25, 0.3) is 5.79 Å². The molecule has 1 rings (SSSR count). The molecule has 0 radical (unpaired) electrons. The molecule has 20 heavy (non-hydrogen) atoms. The number of cyclic esters (lactones) is 2. The summed E-state index contributed by atoms with van der Waals surface area (Å²) < 4.78 is 10.2. The molecule has 1 fully saturated rings. The predicted octanol–water partition coefficient (Wildman–Crippen LogP) is 1.55.